The third kappa shape index (κ3) is 3.36. The van der Waals surface area contributed by atoms with Gasteiger partial charge in [0.1, 0.15) is 11.6 Å². The van der Waals surface area contributed by atoms with Crippen molar-refractivity contribution in [2.75, 3.05) is 11.6 Å². The van der Waals surface area contributed by atoms with E-state index in [-0.39, 0.29) is 16.4 Å². The molecule has 0 spiro atoms. The highest BCUT2D eigenvalue weighted by Crippen LogP contribution is 2.28. The number of hydrogen-bond donors (Lipinski definition) is 0. The molecule has 1 rings (SSSR count). The SMILES string of the molecule is CC(CCl)CSc1c(F)cc(C#N)cc1F. The van der Waals surface area contributed by atoms with E-state index in [0.717, 1.165) is 23.9 Å². The van der Waals surface area contributed by atoms with Crippen molar-refractivity contribution >= 4 is 23.4 Å². The first-order valence-electron chi connectivity index (χ1n) is 4.66. The smallest absolute Gasteiger partial charge is 0.141 e. The molecule has 1 unspecified atom stereocenters. The van der Waals surface area contributed by atoms with Crippen molar-refractivity contribution in [3.8, 4) is 6.07 Å². The van der Waals surface area contributed by atoms with Gasteiger partial charge in [-0.3, -0.25) is 0 Å². The maximum Gasteiger partial charge on any atom is 0.141 e. The molecule has 1 atom stereocenters. The Hall–Kier alpha value is -0.790. The first-order valence-corrected chi connectivity index (χ1v) is 6.18. The van der Waals surface area contributed by atoms with Crippen molar-refractivity contribution in [3.63, 3.8) is 0 Å². The van der Waals surface area contributed by atoms with Gasteiger partial charge in [0.05, 0.1) is 16.5 Å². The number of halogens is 3. The number of hydrogen-bond acceptors (Lipinski definition) is 2. The Kier molecular flexibility index (Phi) is 5.04. The zero-order valence-electron chi connectivity index (χ0n) is 8.64. The molecule has 0 aromatic heterocycles. The fraction of sp³-hybridized carbons (Fsp3) is 0.364. The largest absolute Gasteiger partial charge is 0.206 e. The Balaban J connectivity index is 2.85. The zero-order valence-corrected chi connectivity index (χ0v) is 10.2. The lowest BCUT2D eigenvalue weighted by Gasteiger charge is -2.08. The summed E-state index contributed by atoms with van der Waals surface area (Å²) in [5.74, 6) is -0.205. The van der Waals surface area contributed by atoms with Crippen LogP contribution in [-0.4, -0.2) is 11.6 Å². The standard InChI is InChI=1S/C11H10ClF2NS/c1-7(4-12)6-16-11-9(13)2-8(5-15)3-10(11)14/h2-3,7H,4,6H2,1H3. The summed E-state index contributed by atoms with van der Waals surface area (Å²) in [4.78, 5) is -0.0454. The monoisotopic (exact) mass is 261 g/mol. The van der Waals surface area contributed by atoms with Gasteiger partial charge in [0.15, 0.2) is 0 Å². The summed E-state index contributed by atoms with van der Waals surface area (Å²) >= 11 is 6.68. The van der Waals surface area contributed by atoms with Crippen LogP contribution in [0.5, 0.6) is 0 Å². The molecule has 0 aliphatic heterocycles. The van der Waals surface area contributed by atoms with E-state index in [1.54, 1.807) is 6.07 Å². The lowest BCUT2D eigenvalue weighted by molar-refractivity contribution is 0.539. The molecule has 0 saturated heterocycles. The minimum Gasteiger partial charge on any atom is -0.206 e. The third-order valence-electron chi connectivity index (χ3n) is 1.90. The predicted molar refractivity (Wildman–Crippen MR) is 61.7 cm³/mol. The number of benzene rings is 1. The van der Waals surface area contributed by atoms with Crippen molar-refractivity contribution in [3.05, 3.63) is 29.3 Å². The van der Waals surface area contributed by atoms with Crippen LogP contribution in [0.15, 0.2) is 17.0 Å². The van der Waals surface area contributed by atoms with Crippen LogP contribution >= 0.6 is 23.4 Å². The van der Waals surface area contributed by atoms with Gasteiger partial charge in [0.2, 0.25) is 0 Å². The number of nitrogens with zero attached hydrogens (tertiary/aromatic N) is 1. The molecule has 16 heavy (non-hydrogen) atoms. The Morgan fingerprint density at radius 1 is 1.44 bits per heavy atom. The quantitative estimate of drug-likeness (QED) is 0.608. The first kappa shape index (κ1) is 13.3. The Morgan fingerprint density at radius 2 is 2.00 bits per heavy atom. The molecule has 1 aromatic carbocycles. The Morgan fingerprint density at radius 3 is 2.44 bits per heavy atom. The number of alkyl halides is 1. The molecule has 0 aliphatic rings. The normalized spacial score (nSPS) is 12.2. The summed E-state index contributed by atoms with van der Waals surface area (Å²) in [6, 6.07) is 3.78. The fourth-order valence-corrected chi connectivity index (χ4v) is 2.23. The van der Waals surface area contributed by atoms with Gasteiger partial charge >= 0.3 is 0 Å². The van der Waals surface area contributed by atoms with Gasteiger partial charge in [-0.1, -0.05) is 6.92 Å². The van der Waals surface area contributed by atoms with Gasteiger partial charge in [-0.05, 0) is 18.1 Å². The van der Waals surface area contributed by atoms with Crippen molar-refractivity contribution in [1.82, 2.24) is 0 Å². The number of rotatable bonds is 4. The van der Waals surface area contributed by atoms with Crippen LogP contribution in [0.3, 0.4) is 0 Å². The van der Waals surface area contributed by atoms with Gasteiger partial charge in [-0.25, -0.2) is 8.78 Å². The van der Waals surface area contributed by atoms with E-state index < -0.39 is 11.6 Å². The topological polar surface area (TPSA) is 23.8 Å². The van der Waals surface area contributed by atoms with Crippen LogP contribution in [0.1, 0.15) is 12.5 Å². The molecular formula is C11H10ClF2NS. The molecule has 5 heteroatoms. The molecule has 0 fully saturated rings. The molecule has 86 valence electrons. The number of thioether (sulfide) groups is 1. The first-order chi connectivity index (χ1) is 7.58. The Bertz CT molecular complexity index is 394. The second-order valence-corrected chi connectivity index (χ2v) is 4.79. The van der Waals surface area contributed by atoms with E-state index in [1.807, 2.05) is 6.92 Å². The maximum atomic E-state index is 13.4. The fourth-order valence-electron chi connectivity index (χ4n) is 1.03. The molecule has 1 nitrogen and oxygen atoms in total. The van der Waals surface area contributed by atoms with Gasteiger partial charge < -0.3 is 0 Å². The molecule has 0 amide bonds. The summed E-state index contributed by atoms with van der Waals surface area (Å²) in [6.45, 7) is 1.90. The van der Waals surface area contributed by atoms with Crippen LogP contribution < -0.4 is 0 Å². The molecular weight excluding hydrogens is 252 g/mol. The summed E-state index contributed by atoms with van der Waals surface area (Å²) in [5, 5.41) is 8.53. The highest BCUT2D eigenvalue weighted by Gasteiger charge is 2.13. The minimum absolute atomic E-state index is 0.00950. The van der Waals surface area contributed by atoms with E-state index in [2.05, 4.69) is 0 Å². The van der Waals surface area contributed by atoms with Crippen molar-refractivity contribution in [2.45, 2.75) is 11.8 Å². The van der Waals surface area contributed by atoms with Crippen molar-refractivity contribution in [1.29, 1.82) is 5.26 Å². The van der Waals surface area contributed by atoms with Gasteiger partial charge in [0, 0.05) is 11.6 Å². The van der Waals surface area contributed by atoms with E-state index in [4.69, 9.17) is 16.9 Å². The second-order valence-electron chi connectivity index (χ2n) is 3.45. The van der Waals surface area contributed by atoms with Crippen molar-refractivity contribution < 1.29 is 8.78 Å². The van der Waals surface area contributed by atoms with Crippen LogP contribution in [-0.2, 0) is 0 Å². The number of nitriles is 1. The Labute approximate surface area is 102 Å². The molecule has 0 N–H and O–H groups in total. The zero-order chi connectivity index (χ0) is 12.1. The van der Waals surface area contributed by atoms with Crippen LogP contribution in [0.4, 0.5) is 8.78 Å². The average molecular weight is 262 g/mol. The lowest BCUT2D eigenvalue weighted by Crippen LogP contribution is -2.00. The van der Waals surface area contributed by atoms with Gasteiger partial charge in [-0.2, -0.15) is 5.26 Å². The summed E-state index contributed by atoms with van der Waals surface area (Å²) < 4.78 is 26.8. The van der Waals surface area contributed by atoms with Crippen LogP contribution in [0, 0.1) is 28.9 Å². The maximum absolute atomic E-state index is 13.4. The van der Waals surface area contributed by atoms with E-state index in [1.165, 1.54) is 0 Å². The molecule has 0 bridgehead atoms. The minimum atomic E-state index is -0.691. The van der Waals surface area contributed by atoms with Crippen LogP contribution in [0.2, 0.25) is 0 Å². The van der Waals surface area contributed by atoms with Gasteiger partial charge in [0.25, 0.3) is 0 Å². The summed E-state index contributed by atoms with van der Waals surface area (Å²) in [5.41, 5.74) is -0.00950. The van der Waals surface area contributed by atoms with E-state index in [0.29, 0.717) is 11.6 Å². The third-order valence-corrected chi connectivity index (χ3v) is 3.84. The van der Waals surface area contributed by atoms with E-state index >= 15 is 0 Å². The lowest BCUT2D eigenvalue weighted by atomic mass is 10.2. The van der Waals surface area contributed by atoms with Crippen molar-refractivity contribution in [2.24, 2.45) is 5.92 Å². The summed E-state index contributed by atoms with van der Waals surface area (Å²) in [7, 11) is 0. The molecule has 1 aromatic rings. The van der Waals surface area contributed by atoms with E-state index in [9.17, 15) is 8.78 Å². The van der Waals surface area contributed by atoms with Crippen LogP contribution in [0.25, 0.3) is 0 Å². The summed E-state index contributed by atoms with van der Waals surface area (Å²) in [6.07, 6.45) is 0. The average Bonchev–Trinajstić information content (AvgIpc) is 2.27. The molecule has 0 heterocycles. The molecule has 0 radical (unpaired) electrons. The van der Waals surface area contributed by atoms with Gasteiger partial charge in [-0.15, -0.1) is 23.4 Å². The molecule has 0 saturated carbocycles. The second kappa shape index (κ2) is 6.07. The molecule has 0 aliphatic carbocycles. The highest BCUT2D eigenvalue weighted by atomic mass is 35.5. The predicted octanol–water partition coefficient (Wildman–Crippen LogP) is 3.80. The highest BCUT2D eigenvalue weighted by molar-refractivity contribution is 7.99.